The van der Waals surface area contributed by atoms with Crippen LogP contribution in [0.25, 0.3) is 22.2 Å². The van der Waals surface area contributed by atoms with Gasteiger partial charge in [-0.3, -0.25) is 9.59 Å². The molecule has 178 valence electrons. The summed E-state index contributed by atoms with van der Waals surface area (Å²) in [6.07, 6.45) is 0.279. The summed E-state index contributed by atoms with van der Waals surface area (Å²) in [4.78, 5) is 29.5. The number of carboxylic acid groups (broad SMARTS) is 1. The highest BCUT2D eigenvalue weighted by molar-refractivity contribution is 9.10. The molecule has 0 saturated heterocycles. The van der Waals surface area contributed by atoms with Crippen molar-refractivity contribution in [1.29, 1.82) is 0 Å². The summed E-state index contributed by atoms with van der Waals surface area (Å²) in [7, 11) is 0. The topological polar surface area (TPSA) is 79.3 Å². The predicted molar refractivity (Wildman–Crippen MR) is 143 cm³/mol. The SMILES string of the molecule is O=C(O)CCC(CNC(=O)c1c(Cl)c(-c2ccccc2)nc2ccc(Br)cc12)c1ccccc1Cl. The molecule has 2 N–H and O–H groups in total. The number of halogens is 3. The van der Waals surface area contributed by atoms with Crippen molar-refractivity contribution in [3.8, 4) is 11.3 Å². The Balaban J connectivity index is 1.71. The number of amides is 1. The first kappa shape index (κ1) is 25.2. The summed E-state index contributed by atoms with van der Waals surface area (Å²) in [6.45, 7) is 0.199. The molecule has 1 amide bonds. The van der Waals surface area contributed by atoms with Crippen LogP contribution in [-0.4, -0.2) is 28.5 Å². The van der Waals surface area contributed by atoms with Gasteiger partial charge in [0, 0.05) is 39.3 Å². The molecular formula is C27H21BrCl2N2O3. The molecule has 3 aromatic carbocycles. The number of carbonyl (C=O) groups excluding carboxylic acids is 1. The van der Waals surface area contributed by atoms with E-state index in [1.54, 1.807) is 6.07 Å². The fraction of sp³-hybridized carbons (Fsp3) is 0.148. The van der Waals surface area contributed by atoms with Gasteiger partial charge < -0.3 is 10.4 Å². The van der Waals surface area contributed by atoms with Crippen molar-refractivity contribution in [3.63, 3.8) is 0 Å². The van der Waals surface area contributed by atoms with Crippen molar-refractivity contribution in [1.82, 2.24) is 10.3 Å². The first-order valence-corrected chi connectivity index (χ1v) is 12.5. The van der Waals surface area contributed by atoms with E-state index < -0.39 is 5.97 Å². The summed E-state index contributed by atoms with van der Waals surface area (Å²) in [5, 5.41) is 13.6. The molecular weight excluding hydrogens is 551 g/mol. The number of hydrogen-bond acceptors (Lipinski definition) is 3. The molecule has 1 atom stereocenters. The number of rotatable bonds is 8. The maximum Gasteiger partial charge on any atom is 0.303 e. The molecule has 0 fully saturated rings. The van der Waals surface area contributed by atoms with Crippen LogP contribution in [0.1, 0.15) is 34.7 Å². The molecule has 0 aliphatic rings. The Bertz CT molecular complexity index is 1400. The van der Waals surface area contributed by atoms with Crippen molar-refractivity contribution in [2.24, 2.45) is 0 Å². The van der Waals surface area contributed by atoms with Gasteiger partial charge in [-0.25, -0.2) is 4.98 Å². The highest BCUT2D eigenvalue weighted by Crippen LogP contribution is 2.35. The molecule has 0 spiro atoms. The smallest absolute Gasteiger partial charge is 0.303 e. The molecule has 0 aliphatic heterocycles. The van der Waals surface area contributed by atoms with E-state index in [9.17, 15) is 14.7 Å². The van der Waals surface area contributed by atoms with Crippen molar-refractivity contribution in [2.45, 2.75) is 18.8 Å². The maximum atomic E-state index is 13.5. The van der Waals surface area contributed by atoms with Crippen molar-refractivity contribution < 1.29 is 14.7 Å². The first-order valence-electron chi connectivity index (χ1n) is 10.9. The van der Waals surface area contributed by atoms with Crippen LogP contribution in [0, 0.1) is 0 Å². The van der Waals surface area contributed by atoms with Crippen LogP contribution in [0.15, 0.2) is 77.3 Å². The molecule has 1 aromatic heterocycles. The number of pyridine rings is 1. The van der Waals surface area contributed by atoms with E-state index in [0.717, 1.165) is 15.6 Å². The summed E-state index contributed by atoms with van der Waals surface area (Å²) in [6, 6.07) is 22.2. The zero-order valence-electron chi connectivity index (χ0n) is 18.5. The van der Waals surface area contributed by atoms with Crippen LogP contribution in [0.3, 0.4) is 0 Å². The number of carbonyl (C=O) groups is 2. The summed E-state index contributed by atoms with van der Waals surface area (Å²) in [5.41, 5.74) is 3.05. The van der Waals surface area contributed by atoms with Crippen LogP contribution in [-0.2, 0) is 4.79 Å². The van der Waals surface area contributed by atoms with Gasteiger partial charge in [0.15, 0.2) is 0 Å². The maximum absolute atomic E-state index is 13.5. The van der Waals surface area contributed by atoms with Crippen LogP contribution >= 0.6 is 39.1 Å². The van der Waals surface area contributed by atoms with Gasteiger partial charge in [0.2, 0.25) is 0 Å². The lowest BCUT2D eigenvalue weighted by Gasteiger charge is -2.20. The second kappa shape index (κ2) is 11.2. The van der Waals surface area contributed by atoms with Gasteiger partial charge in [0.25, 0.3) is 5.91 Å². The summed E-state index contributed by atoms with van der Waals surface area (Å²) in [5.74, 6) is -1.56. The zero-order valence-corrected chi connectivity index (χ0v) is 21.6. The molecule has 4 rings (SSSR count). The molecule has 0 aliphatic carbocycles. The number of fused-ring (bicyclic) bond motifs is 1. The molecule has 35 heavy (non-hydrogen) atoms. The summed E-state index contributed by atoms with van der Waals surface area (Å²) >= 11 is 16.6. The normalized spacial score (nSPS) is 11.9. The zero-order chi connectivity index (χ0) is 24.9. The van der Waals surface area contributed by atoms with Crippen LogP contribution in [0.2, 0.25) is 10.0 Å². The van der Waals surface area contributed by atoms with Crippen molar-refractivity contribution in [2.75, 3.05) is 6.54 Å². The van der Waals surface area contributed by atoms with Crippen LogP contribution < -0.4 is 5.32 Å². The summed E-state index contributed by atoms with van der Waals surface area (Å²) < 4.78 is 0.791. The number of nitrogens with zero attached hydrogens (tertiary/aromatic N) is 1. The number of carboxylic acids is 1. The third-order valence-corrected chi connectivity index (χ3v) is 6.93. The minimum absolute atomic E-state index is 0.0458. The number of benzene rings is 3. The predicted octanol–water partition coefficient (Wildman–Crippen LogP) is 7.35. The Morgan fingerprint density at radius 3 is 2.43 bits per heavy atom. The van der Waals surface area contributed by atoms with Crippen molar-refractivity contribution >= 4 is 61.9 Å². The lowest BCUT2D eigenvalue weighted by molar-refractivity contribution is -0.137. The fourth-order valence-electron chi connectivity index (χ4n) is 4.00. The fourth-order valence-corrected chi connectivity index (χ4v) is 4.99. The molecule has 5 nitrogen and oxygen atoms in total. The standard InChI is InChI=1S/C27H21BrCl2N2O3/c28-18-11-12-22-20(14-18)24(25(30)26(32-22)16-6-2-1-3-7-16)27(35)31-15-17(10-13-23(33)34)19-8-4-5-9-21(19)29/h1-9,11-12,14,17H,10,13,15H2,(H,31,35)(H,33,34). The van der Waals surface area contributed by atoms with Crippen LogP contribution in [0.4, 0.5) is 0 Å². The second-order valence-electron chi connectivity index (χ2n) is 8.04. The average Bonchev–Trinajstić information content (AvgIpc) is 2.84. The number of aliphatic carboxylic acids is 1. The minimum Gasteiger partial charge on any atom is -0.481 e. The lowest BCUT2D eigenvalue weighted by Crippen LogP contribution is -2.29. The molecule has 0 saturated carbocycles. The highest BCUT2D eigenvalue weighted by Gasteiger charge is 2.23. The Labute approximate surface area is 221 Å². The Morgan fingerprint density at radius 1 is 1.00 bits per heavy atom. The van der Waals surface area contributed by atoms with E-state index in [2.05, 4.69) is 21.2 Å². The van der Waals surface area contributed by atoms with E-state index in [4.69, 9.17) is 28.2 Å². The van der Waals surface area contributed by atoms with E-state index in [1.807, 2.05) is 66.7 Å². The van der Waals surface area contributed by atoms with Gasteiger partial charge in [0.1, 0.15) is 0 Å². The van der Waals surface area contributed by atoms with E-state index in [0.29, 0.717) is 33.6 Å². The lowest BCUT2D eigenvalue weighted by atomic mass is 9.93. The average molecular weight is 572 g/mol. The number of aromatic nitrogens is 1. The highest BCUT2D eigenvalue weighted by atomic mass is 79.9. The Morgan fingerprint density at radius 2 is 1.71 bits per heavy atom. The van der Waals surface area contributed by atoms with Gasteiger partial charge in [-0.15, -0.1) is 0 Å². The van der Waals surface area contributed by atoms with Gasteiger partial charge >= 0.3 is 5.97 Å². The molecule has 8 heteroatoms. The van der Waals surface area contributed by atoms with Crippen molar-refractivity contribution in [3.05, 3.63) is 98.4 Å². The molecule has 0 bridgehead atoms. The number of nitrogens with one attached hydrogen (secondary N) is 1. The molecule has 1 unspecified atom stereocenters. The molecule has 0 radical (unpaired) electrons. The van der Waals surface area contributed by atoms with E-state index in [-0.39, 0.29) is 29.8 Å². The quantitative estimate of drug-likeness (QED) is 0.232. The van der Waals surface area contributed by atoms with Gasteiger partial charge in [-0.05, 0) is 36.2 Å². The third-order valence-electron chi connectivity index (χ3n) is 5.72. The van der Waals surface area contributed by atoms with Gasteiger partial charge in [0.05, 0.1) is 21.8 Å². The third kappa shape index (κ3) is 5.84. The minimum atomic E-state index is -0.908. The van der Waals surface area contributed by atoms with E-state index in [1.165, 1.54) is 0 Å². The van der Waals surface area contributed by atoms with Gasteiger partial charge in [-0.1, -0.05) is 87.7 Å². The van der Waals surface area contributed by atoms with E-state index >= 15 is 0 Å². The Hall–Kier alpha value is -2.93. The number of hydrogen-bond donors (Lipinski definition) is 2. The molecule has 1 heterocycles. The van der Waals surface area contributed by atoms with Gasteiger partial charge in [-0.2, -0.15) is 0 Å². The second-order valence-corrected chi connectivity index (χ2v) is 9.74. The first-order chi connectivity index (χ1) is 16.8. The van der Waals surface area contributed by atoms with Crippen LogP contribution in [0.5, 0.6) is 0 Å². The molecule has 4 aromatic rings. The largest absolute Gasteiger partial charge is 0.481 e. The Kier molecular flexibility index (Phi) is 8.06. The monoisotopic (exact) mass is 570 g/mol.